The lowest BCUT2D eigenvalue weighted by Gasteiger charge is -2.07. The van der Waals surface area contributed by atoms with Crippen LogP contribution in [0.4, 0.5) is 5.69 Å². The van der Waals surface area contributed by atoms with Gasteiger partial charge >= 0.3 is 0 Å². The summed E-state index contributed by atoms with van der Waals surface area (Å²) < 4.78 is 26.6. The maximum Gasteiger partial charge on any atom is 0.240 e. The second-order valence-corrected chi connectivity index (χ2v) is 6.98. The third kappa shape index (κ3) is 5.84. The molecule has 6 heteroatoms. The second kappa shape index (κ2) is 8.45. The second-order valence-electron chi connectivity index (χ2n) is 4.23. The molecule has 0 fully saturated rings. The van der Waals surface area contributed by atoms with Crippen LogP contribution in [-0.4, -0.2) is 34.0 Å². The van der Waals surface area contributed by atoms with Crippen molar-refractivity contribution in [3.05, 3.63) is 24.3 Å². The van der Waals surface area contributed by atoms with Gasteiger partial charge in [-0.3, -0.25) is 0 Å². The minimum Gasteiger partial charge on any atom is -0.388 e. The Morgan fingerprint density at radius 3 is 2.37 bits per heavy atom. The number of rotatable bonds is 9. The van der Waals surface area contributed by atoms with Gasteiger partial charge in [0.25, 0.3) is 0 Å². The molecule has 0 unspecified atom stereocenters. The van der Waals surface area contributed by atoms with Crippen LogP contribution in [0.5, 0.6) is 0 Å². The molecule has 1 aromatic rings. The third-order valence-electron chi connectivity index (χ3n) is 2.77. The first kappa shape index (κ1) is 16.3. The third-order valence-corrected chi connectivity index (χ3v) is 4.94. The molecule has 0 saturated carbocycles. The summed E-state index contributed by atoms with van der Waals surface area (Å²) in [6, 6.07) is 6.74. The first-order valence-corrected chi connectivity index (χ1v) is 9.24. The summed E-state index contributed by atoms with van der Waals surface area (Å²) in [5.41, 5.74) is 0.899. The van der Waals surface area contributed by atoms with Crippen molar-refractivity contribution in [1.82, 2.24) is 4.72 Å². The summed E-state index contributed by atoms with van der Waals surface area (Å²) in [4.78, 5) is 0.315. The Balaban J connectivity index is 2.42. The van der Waals surface area contributed by atoms with E-state index in [0.29, 0.717) is 11.4 Å². The molecule has 0 saturated heterocycles. The van der Waals surface area contributed by atoms with E-state index < -0.39 is 10.0 Å². The molecule has 0 heterocycles. The van der Waals surface area contributed by atoms with Gasteiger partial charge in [0.1, 0.15) is 0 Å². The van der Waals surface area contributed by atoms with E-state index in [-0.39, 0.29) is 0 Å². The Morgan fingerprint density at radius 2 is 1.79 bits per heavy atom. The van der Waals surface area contributed by atoms with E-state index in [1.54, 1.807) is 31.3 Å². The number of hydrogen-bond acceptors (Lipinski definition) is 4. The van der Waals surface area contributed by atoms with Gasteiger partial charge in [0.05, 0.1) is 4.90 Å². The number of nitrogens with one attached hydrogen (secondary N) is 2. The van der Waals surface area contributed by atoms with Gasteiger partial charge in [0.15, 0.2) is 0 Å². The van der Waals surface area contributed by atoms with Gasteiger partial charge in [-0.2, -0.15) is 11.8 Å². The smallest absolute Gasteiger partial charge is 0.240 e. The zero-order valence-electron chi connectivity index (χ0n) is 11.5. The average molecular weight is 302 g/mol. The summed E-state index contributed by atoms with van der Waals surface area (Å²) >= 11 is 1.82. The van der Waals surface area contributed by atoms with Crippen LogP contribution in [0.3, 0.4) is 0 Å². The quantitative estimate of drug-likeness (QED) is 0.688. The number of hydrogen-bond donors (Lipinski definition) is 2. The van der Waals surface area contributed by atoms with Crippen molar-refractivity contribution in [2.45, 2.75) is 24.2 Å². The lowest BCUT2D eigenvalue weighted by Crippen LogP contribution is -2.24. The van der Waals surface area contributed by atoms with Gasteiger partial charge in [0.2, 0.25) is 10.0 Å². The number of benzene rings is 1. The highest BCUT2D eigenvalue weighted by Gasteiger charge is 2.12. The molecular weight excluding hydrogens is 280 g/mol. The van der Waals surface area contributed by atoms with Gasteiger partial charge in [-0.05, 0) is 49.1 Å². The molecule has 0 spiro atoms. The predicted molar refractivity (Wildman–Crippen MR) is 83.4 cm³/mol. The maximum absolute atomic E-state index is 12.0. The highest BCUT2D eigenvalue weighted by molar-refractivity contribution is 7.98. The molecule has 0 aliphatic carbocycles. The van der Waals surface area contributed by atoms with Crippen molar-refractivity contribution in [2.24, 2.45) is 0 Å². The fraction of sp³-hybridized carbons (Fsp3) is 0.538. The highest BCUT2D eigenvalue weighted by atomic mass is 32.2. The van der Waals surface area contributed by atoms with Gasteiger partial charge in [-0.15, -0.1) is 0 Å². The lowest BCUT2D eigenvalue weighted by molar-refractivity contribution is 0.576. The summed E-state index contributed by atoms with van der Waals surface area (Å²) in [5, 5.41) is 2.96. The normalized spacial score (nSPS) is 11.5. The molecule has 4 nitrogen and oxygen atoms in total. The Bertz CT molecular complexity index is 458. The van der Waals surface area contributed by atoms with Crippen LogP contribution in [-0.2, 0) is 10.0 Å². The van der Waals surface area contributed by atoms with Crippen molar-refractivity contribution in [1.29, 1.82) is 0 Å². The van der Waals surface area contributed by atoms with Crippen LogP contribution in [0.1, 0.15) is 19.3 Å². The number of unbranched alkanes of at least 4 members (excludes halogenated alkanes) is 2. The molecule has 0 aromatic heterocycles. The minimum absolute atomic E-state index is 0.315. The van der Waals surface area contributed by atoms with E-state index in [9.17, 15) is 8.42 Å². The van der Waals surface area contributed by atoms with Crippen LogP contribution < -0.4 is 10.0 Å². The SMILES string of the molecule is CNc1ccc(S(=O)(=O)NCCCCCSC)cc1. The Labute approximate surface area is 120 Å². The average Bonchev–Trinajstić information content (AvgIpc) is 2.43. The lowest BCUT2D eigenvalue weighted by atomic mass is 10.2. The highest BCUT2D eigenvalue weighted by Crippen LogP contribution is 2.13. The van der Waals surface area contributed by atoms with E-state index in [2.05, 4.69) is 16.3 Å². The van der Waals surface area contributed by atoms with Gasteiger partial charge < -0.3 is 5.32 Å². The summed E-state index contributed by atoms with van der Waals surface area (Å²) in [6.07, 6.45) is 5.16. The zero-order chi connectivity index (χ0) is 14.1. The van der Waals surface area contributed by atoms with Crippen molar-refractivity contribution in [3.8, 4) is 0 Å². The number of sulfonamides is 1. The molecule has 19 heavy (non-hydrogen) atoms. The Kier molecular flexibility index (Phi) is 7.27. The summed E-state index contributed by atoms with van der Waals surface area (Å²) in [5.74, 6) is 1.14. The van der Waals surface area contributed by atoms with Gasteiger partial charge in [-0.25, -0.2) is 13.1 Å². The molecule has 0 bridgehead atoms. The molecule has 0 aliphatic rings. The molecule has 0 aliphatic heterocycles. The maximum atomic E-state index is 12.0. The molecule has 1 aromatic carbocycles. The van der Waals surface area contributed by atoms with Gasteiger partial charge in [0, 0.05) is 19.3 Å². The molecule has 1 rings (SSSR count). The van der Waals surface area contributed by atoms with Crippen molar-refractivity contribution in [3.63, 3.8) is 0 Å². The standard InChI is InChI=1S/C13H22N2O2S2/c1-14-12-6-8-13(9-7-12)19(16,17)15-10-4-3-5-11-18-2/h6-9,14-15H,3-5,10-11H2,1-2H3. The van der Waals surface area contributed by atoms with Gasteiger partial charge in [-0.1, -0.05) is 6.42 Å². The van der Waals surface area contributed by atoms with Crippen LogP contribution >= 0.6 is 11.8 Å². The molecule has 108 valence electrons. The van der Waals surface area contributed by atoms with E-state index in [0.717, 1.165) is 30.7 Å². The van der Waals surface area contributed by atoms with Crippen LogP contribution in [0.15, 0.2) is 29.2 Å². The van der Waals surface area contributed by atoms with E-state index >= 15 is 0 Å². The first-order chi connectivity index (χ1) is 9.10. The Morgan fingerprint density at radius 1 is 1.11 bits per heavy atom. The number of thioether (sulfide) groups is 1. The summed E-state index contributed by atoms with van der Waals surface area (Å²) in [6.45, 7) is 0.504. The van der Waals surface area contributed by atoms with E-state index in [1.165, 1.54) is 0 Å². The van der Waals surface area contributed by atoms with Crippen molar-refractivity contribution in [2.75, 3.05) is 30.9 Å². The van der Waals surface area contributed by atoms with Crippen LogP contribution in [0.25, 0.3) is 0 Å². The topological polar surface area (TPSA) is 58.2 Å². The largest absolute Gasteiger partial charge is 0.388 e. The molecular formula is C13H22N2O2S2. The summed E-state index contributed by atoms with van der Waals surface area (Å²) in [7, 11) is -1.56. The fourth-order valence-electron chi connectivity index (χ4n) is 1.64. The molecule has 0 radical (unpaired) electrons. The van der Waals surface area contributed by atoms with Crippen molar-refractivity contribution >= 4 is 27.5 Å². The predicted octanol–water partition coefficient (Wildman–Crippen LogP) is 2.54. The monoisotopic (exact) mass is 302 g/mol. The molecule has 0 amide bonds. The Hall–Kier alpha value is -0.720. The molecule has 2 N–H and O–H groups in total. The number of anilines is 1. The zero-order valence-corrected chi connectivity index (χ0v) is 13.1. The van der Waals surface area contributed by atoms with E-state index in [4.69, 9.17) is 0 Å². The van der Waals surface area contributed by atoms with Crippen LogP contribution in [0.2, 0.25) is 0 Å². The van der Waals surface area contributed by atoms with Crippen molar-refractivity contribution < 1.29 is 8.42 Å². The molecule has 0 atom stereocenters. The van der Waals surface area contributed by atoms with Crippen LogP contribution in [0, 0.1) is 0 Å². The fourth-order valence-corrected chi connectivity index (χ4v) is 3.21. The van der Waals surface area contributed by atoms with E-state index in [1.807, 2.05) is 11.8 Å². The minimum atomic E-state index is -3.36. The first-order valence-electron chi connectivity index (χ1n) is 6.36.